The molecule has 0 saturated heterocycles. The van der Waals surface area contributed by atoms with Gasteiger partial charge in [-0.2, -0.15) is 0 Å². The highest BCUT2D eigenvalue weighted by Gasteiger charge is 2.33. The normalized spacial score (nSPS) is 13.1. The molecule has 0 aliphatic carbocycles. The maximum atomic E-state index is 13.6. The molecule has 4 aromatic rings. The maximum Gasteiger partial charge on any atom is 0.170 e. The number of hydrogen-bond donors (Lipinski definition) is 0. The van der Waals surface area contributed by atoms with Crippen LogP contribution in [-0.4, -0.2) is 64.7 Å². The van der Waals surface area contributed by atoms with Crippen molar-refractivity contribution in [3.05, 3.63) is 66.8 Å². The molecule has 0 unspecified atom stereocenters. The lowest BCUT2D eigenvalue weighted by Gasteiger charge is -2.20. The minimum Gasteiger partial charge on any atom is -0.494 e. The second-order valence-electron chi connectivity index (χ2n) is 8.31. The fraction of sp³-hybridized carbons (Fsp3) is 0.320. The molecule has 3 aromatic heterocycles. The molecule has 2 atom stereocenters. The summed E-state index contributed by atoms with van der Waals surface area (Å²) in [4.78, 5) is 12.7. The molecular weight excluding hydrogens is 496 g/mol. The Morgan fingerprint density at radius 3 is 2.14 bits per heavy atom. The van der Waals surface area contributed by atoms with Crippen LogP contribution in [0.1, 0.15) is 31.4 Å². The van der Waals surface area contributed by atoms with Crippen LogP contribution in [0, 0.1) is 0 Å². The average molecular weight is 525 g/mol. The van der Waals surface area contributed by atoms with Gasteiger partial charge in [0.25, 0.3) is 0 Å². The van der Waals surface area contributed by atoms with E-state index in [1.807, 2.05) is 6.07 Å². The molecule has 3 heterocycles. The molecule has 11 nitrogen and oxygen atoms in total. The van der Waals surface area contributed by atoms with E-state index < -0.39 is 21.0 Å². The van der Waals surface area contributed by atoms with Crippen molar-refractivity contribution in [3.63, 3.8) is 0 Å². The zero-order valence-electron chi connectivity index (χ0n) is 21.2. The maximum absolute atomic E-state index is 13.6. The van der Waals surface area contributed by atoms with E-state index in [-0.39, 0.29) is 11.6 Å². The molecule has 37 heavy (non-hydrogen) atoms. The minimum atomic E-state index is -3.75. The lowest BCUT2D eigenvalue weighted by molar-refractivity contribution is 0.390. The van der Waals surface area contributed by atoms with Gasteiger partial charge in [0.05, 0.1) is 39.0 Å². The van der Waals surface area contributed by atoms with Crippen molar-refractivity contribution >= 4 is 9.84 Å². The van der Waals surface area contributed by atoms with Crippen molar-refractivity contribution in [1.29, 1.82) is 0 Å². The molecule has 4 rings (SSSR count). The summed E-state index contributed by atoms with van der Waals surface area (Å²) in [6.07, 6.45) is 6.31. The summed E-state index contributed by atoms with van der Waals surface area (Å²) in [6.45, 7) is 3.42. The van der Waals surface area contributed by atoms with Crippen molar-refractivity contribution in [3.8, 4) is 34.3 Å². The predicted octanol–water partition coefficient (Wildman–Crippen LogP) is 3.25. The smallest absolute Gasteiger partial charge is 0.170 e. The van der Waals surface area contributed by atoms with Crippen LogP contribution in [0.25, 0.3) is 17.1 Å². The zero-order chi connectivity index (χ0) is 26.6. The second-order valence-corrected chi connectivity index (χ2v) is 10.7. The Morgan fingerprint density at radius 1 is 0.892 bits per heavy atom. The van der Waals surface area contributed by atoms with E-state index in [0.29, 0.717) is 40.1 Å². The van der Waals surface area contributed by atoms with E-state index >= 15 is 0 Å². The summed E-state index contributed by atoms with van der Waals surface area (Å²) in [7, 11) is 0.827. The molecule has 0 aliphatic rings. The van der Waals surface area contributed by atoms with E-state index in [2.05, 4.69) is 25.1 Å². The van der Waals surface area contributed by atoms with Crippen LogP contribution in [0.2, 0.25) is 0 Å². The van der Waals surface area contributed by atoms with Gasteiger partial charge in [0.15, 0.2) is 27.2 Å². The number of para-hydroxylation sites is 1. The average Bonchev–Trinajstić information content (AvgIpc) is 3.34. The first-order chi connectivity index (χ1) is 17.8. The zero-order valence-corrected chi connectivity index (χ0v) is 22.0. The van der Waals surface area contributed by atoms with E-state index in [1.54, 1.807) is 55.1 Å². The van der Waals surface area contributed by atoms with Crippen molar-refractivity contribution < 1.29 is 22.6 Å². The molecule has 0 aliphatic heterocycles. The van der Waals surface area contributed by atoms with E-state index in [9.17, 15) is 8.42 Å². The van der Waals surface area contributed by atoms with Crippen LogP contribution in [0.3, 0.4) is 0 Å². The quantitative estimate of drug-likeness (QED) is 0.304. The number of methoxy groups -OCH3 is 3. The number of hydrogen-bond acceptors (Lipinski definition) is 10. The number of nitrogens with zero attached hydrogens (tertiary/aromatic N) is 6. The molecule has 12 heteroatoms. The molecule has 0 fully saturated rings. The van der Waals surface area contributed by atoms with Gasteiger partial charge in [0.2, 0.25) is 0 Å². The lowest BCUT2D eigenvalue weighted by atomic mass is 10.1. The SMILES string of the molecule is COc1cnc([C@@H](C)[C@H](C)S(=O)(=O)Cc2nnc(-c3cccnc3)n2-c2c(OC)cccc2OC)nc1. The highest BCUT2D eigenvalue weighted by atomic mass is 32.2. The molecule has 0 saturated carbocycles. The van der Waals surface area contributed by atoms with Crippen LogP contribution in [-0.2, 0) is 15.6 Å². The summed E-state index contributed by atoms with van der Waals surface area (Å²) in [5.41, 5.74) is 1.14. The number of sulfone groups is 1. The van der Waals surface area contributed by atoms with Crippen LogP contribution in [0.5, 0.6) is 17.2 Å². The monoisotopic (exact) mass is 524 g/mol. The first-order valence-corrected chi connectivity index (χ1v) is 13.2. The van der Waals surface area contributed by atoms with Gasteiger partial charge in [-0.15, -0.1) is 10.2 Å². The van der Waals surface area contributed by atoms with Crippen molar-refractivity contribution in [2.75, 3.05) is 21.3 Å². The molecule has 0 spiro atoms. The molecule has 0 bridgehead atoms. The molecule has 1 aromatic carbocycles. The molecule has 0 radical (unpaired) electrons. The van der Waals surface area contributed by atoms with Gasteiger partial charge in [-0.3, -0.25) is 9.55 Å². The third-order valence-corrected chi connectivity index (χ3v) is 8.37. The van der Waals surface area contributed by atoms with Gasteiger partial charge in [-0.05, 0) is 31.2 Å². The Hall–Kier alpha value is -4.06. The minimum absolute atomic E-state index is 0.205. The highest BCUT2D eigenvalue weighted by molar-refractivity contribution is 7.91. The van der Waals surface area contributed by atoms with Crippen LogP contribution in [0.15, 0.2) is 55.1 Å². The van der Waals surface area contributed by atoms with Crippen LogP contribution < -0.4 is 14.2 Å². The van der Waals surface area contributed by atoms with Crippen molar-refractivity contribution in [2.45, 2.75) is 30.8 Å². The first-order valence-electron chi connectivity index (χ1n) is 11.4. The molecule has 0 N–H and O–H groups in total. The molecular formula is C25H28N6O5S. The van der Waals surface area contributed by atoms with Gasteiger partial charge in [-0.25, -0.2) is 18.4 Å². The van der Waals surface area contributed by atoms with Crippen LogP contribution >= 0.6 is 0 Å². The van der Waals surface area contributed by atoms with Gasteiger partial charge in [0.1, 0.15) is 28.8 Å². The van der Waals surface area contributed by atoms with Gasteiger partial charge in [0, 0.05) is 23.9 Å². The predicted molar refractivity (Wildman–Crippen MR) is 137 cm³/mol. The van der Waals surface area contributed by atoms with Gasteiger partial charge in [-0.1, -0.05) is 13.0 Å². The highest BCUT2D eigenvalue weighted by Crippen LogP contribution is 2.37. The molecule has 0 amide bonds. The third kappa shape index (κ3) is 5.24. The van der Waals surface area contributed by atoms with E-state index in [4.69, 9.17) is 14.2 Å². The van der Waals surface area contributed by atoms with E-state index in [0.717, 1.165) is 0 Å². The number of benzene rings is 1. The second kappa shape index (κ2) is 10.9. The first kappa shape index (κ1) is 26.0. The van der Waals surface area contributed by atoms with Crippen molar-refractivity contribution in [2.24, 2.45) is 0 Å². The van der Waals surface area contributed by atoms with E-state index in [1.165, 1.54) is 33.7 Å². The molecule has 194 valence electrons. The Bertz CT molecular complexity index is 1440. The Labute approximate surface area is 215 Å². The van der Waals surface area contributed by atoms with Crippen LogP contribution in [0.4, 0.5) is 0 Å². The largest absolute Gasteiger partial charge is 0.494 e. The Balaban J connectivity index is 1.79. The third-order valence-electron chi connectivity index (χ3n) is 6.17. The Kier molecular flexibility index (Phi) is 7.67. The summed E-state index contributed by atoms with van der Waals surface area (Å²) < 4.78 is 45.2. The fourth-order valence-electron chi connectivity index (χ4n) is 3.88. The standard InChI is InChI=1S/C25H28N6O5S/c1-16(24-27-13-19(34-3)14-28-24)17(2)37(32,33)15-22-29-30-25(18-8-7-11-26-12-18)31(22)23-20(35-4)9-6-10-21(23)36-5/h6-14,16-17H,15H2,1-5H3/t16-,17-/m0/s1. The Morgan fingerprint density at radius 2 is 1.57 bits per heavy atom. The summed E-state index contributed by atoms with van der Waals surface area (Å²) in [6, 6.07) is 8.89. The summed E-state index contributed by atoms with van der Waals surface area (Å²) in [5, 5.41) is 7.81. The van der Waals surface area contributed by atoms with Gasteiger partial charge < -0.3 is 14.2 Å². The number of pyridine rings is 1. The number of aromatic nitrogens is 6. The number of rotatable bonds is 10. The summed E-state index contributed by atoms with van der Waals surface area (Å²) >= 11 is 0. The fourth-order valence-corrected chi connectivity index (χ4v) is 5.43. The summed E-state index contributed by atoms with van der Waals surface area (Å²) in [5.74, 6) is 1.58. The lowest BCUT2D eigenvalue weighted by Crippen LogP contribution is -2.27. The van der Waals surface area contributed by atoms with Gasteiger partial charge >= 0.3 is 0 Å². The number of ether oxygens (including phenoxy) is 3. The van der Waals surface area contributed by atoms with Crippen molar-refractivity contribution in [1.82, 2.24) is 29.7 Å². The topological polar surface area (TPSA) is 131 Å².